The highest BCUT2D eigenvalue weighted by Gasteiger charge is 2.19. The molecule has 0 aliphatic carbocycles. The Kier molecular flexibility index (Phi) is 8.14. The number of rotatable bonds is 10. The Morgan fingerprint density at radius 2 is 1.64 bits per heavy atom. The maximum absolute atomic E-state index is 13.1. The van der Waals surface area contributed by atoms with Crippen LogP contribution in [0.25, 0.3) is 10.8 Å². The van der Waals surface area contributed by atoms with E-state index in [1.54, 1.807) is 37.4 Å². The Hall–Kier alpha value is -3.54. The topological polar surface area (TPSA) is 75.6 Å². The molecule has 0 saturated heterocycles. The predicted molar refractivity (Wildman–Crippen MR) is 145 cm³/mol. The fraction of sp³-hybridized carbons (Fsp3) is 0.172. The average molecular weight is 522 g/mol. The number of halogens is 2. The third-order valence-corrected chi connectivity index (χ3v) is 6.61. The van der Waals surface area contributed by atoms with E-state index in [9.17, 15) is 9.59 Å². The number of carbonyl (C=O) groups is 2. The quantitative estimate of drug-likeness (QED) is 0.224. The van der Waals surface area contributed by atoms with Gasteiger partial charge in [0, 0.05) is 28.6 Å². The number of methoxy groups -OCH3 is 1. The third-order valence-electron chi connectivity index (χ3n) is 6.05. The molecular formula is C29H25Cl2NO4. The van der Waals surface area contributed by atoms with Gasteiger partial charge in [0.15, 0.2) is 0 Å². The van der Waals surface area contributed by atoms with Crippen LogP contribution in [0.5, 0.6) is 5.75 Å². The normalized spacial score (nSPS) is 11.8. The van der Waals surface area contributed by atoms with E-state index in [4.69, 9.17) is 33.0 Å². The van der Waals surface area contributed by atoms with E-state index < -0.39 is 12.0 Å². The maximum Gasteiger partial charge on any atom is 0.335 e. The average Bonchev–Trinajstić information content (AvgIpc) is 2.87. The number of hydrogen-bond donors (Lipinski definition) is 2. The van der Waals surface area contributed by atoms with E-state index in [0.717, 1.165) is 27.6 Å². The number of hydrogen-bond acceptors (Lipinski definition) is 4. The molecule has 0 bridgehead atoms. The van der Waals surface area contributed by atoms with E-state index in [2.05, 4.69) is 11.4 Å². The maximum atomic E-state index is 13.1. The molecule has 0 aliphatic rings. The van der Waals surface area contributed by atoms with Gasteiger partial charge < -0.3 is 15.2 Å². The molecule has 1 unspecified atom stereocenters. The minimum absolute atomic E-state index is 0.0792. The first-order valence-corrected chi connectivity index (χ1v) is 12.2. The van der Waals surface area contributed by atoms with Crippen molar-refractivity contribution in [1.29, 1.82) is 0 Å². The second-order valence-electron chi connectivity index (χ2n) is 8.54. The summed E-state index contributed by atoms with van der Waals surface area (Å²) < 4.78 is 5.29. The molecule has 36 heavy (non-hydrogen) atoms. The van der Waals surface area contributed by atoms with Crippen molar-refractivity contribution < 1.29 is 19.4 Å². The lowest BCUT2D eigenvalue weighted by molar-refractivity contribution is -0.119. The zero-order valence-corrected chi connectivity index (χ0v) is 21.1. The summed E-state index contributed by atoms with van der Waals surface area (Å²) in [6.07, 6.45) is 1.21. The lowest BCUT2D eigenvalue weighted by Crippen LogP contribution is -2.16. The SMILES string of the molecule is COc1ccc2cc(CCC(=O)CC(Nc3ccc(C(=O)O)cc3)c3ccc(Cl)cc3Cl)ccc2c1. The van der Waals surface area contributed by atoms with Crippen LogP contribution in [0.2, 0.25) is 10.0 Å². The van der Waals surface area contributed by atoms with Crippen molar-refractivity contribution in [3.8, 4) is 5.75 Å². The molecule has 0 aliphatic heterocycles. The van der Waals surface area contributed by atoms with E-state index in [1.165, 1.54) is 12.1 Å². The molecule has 0 aromatic heterocycles. The first-order chi connectivity index (χ1) is 17.3. The van der Waals surface area contributed by atoms with Gasteiger partial charge >= 0.3 is 5.97 Å². The second kappa shape index (κ2) is 11.5. The number of nitrogens with one attached hydrogen (secondary N) is 1. The first-order valence-electron chi connectivity index (χ1n) is 11.5. The van der Waals surface area contributed by atoms with Gasteiger partial charge in [-0.15, -0.1) is 0 Å². The van der Waals surface area contributed by atoms with Gasteiger partial charge in [-0.05, 0) is 76.9 Å². The highest BCUT2D eigenvalue weighted by Crippen LogP contribution is 2.32. The smallest absolute Gasteiger partial charge is 0.335 e. The van der Waals surface area contributed by atoms with Gasteiger partial charge in [0.1, 0.15) is 11.5 Å². The minimum atomic E-state index is -0.998. The molecule has 2 N–H and O–H groups in total. The lowest BCUT2D eigenvalue weighted by Gasteiger charge is -2.21. The third kappa shape index (κ3) is 6.36. The summed E-state index contributed by atoms with van der Waals surface area (Å²) in [6.45, 7) is 0. The summed E-state index contributed by atoms with van der Waals surface area (Å²) in [7, 11) is 1.64. The molecule has 7 heteroatoms. The van der Waals surface area contributed by atoms with Crippen LogP contribution in [-0.2, 0) is 11.2 Å². The fourth-order valence-corrected chi connectivity index (χ4v) is 4.64. The summed E-state index contributed by atoms with van der Waals surface area (Å²) in [4.78, 5) is 24.2. The molecule has 0 spiro atoms. The number of benzene rings is 4. The van der Waals surface area contributed by atoms with Crippen molar-refractivity contribution >= 4 is 51.4 Å². The zero-order valence-electron chi connectivity index (χ0n) is 19.6. The van der Waals surface area contributed by atoms with Crippen LogP contribution >= 0.6 is 23.2 Å². The number of aromatic carboxylic acids is 1. The molecule has 0 amide bonds. The van der Waals surface area contributed by atoms with Crippen molar-refractivity contribution in [1.82, 2.24) is 0 Å². The van der Waals surface area contributed by atoms with Gasteiger partial charge in [-0.25, -0.2) is 4.79 Å². The van der Waals surface area contributed by atoms with Crippen molar-refractivity contribution in [3.05, 3.63) is 106 Å². The van der Waals surface area contributed by atoms with Crippen molar-refractivity contribution in [3.63, 3.8) is 0 Å². The number of aryl methyl sites for hydroxylation is 1. The zero-order chi connectivity index (χ0) is 25.7. The largest absolute Gasteiger partial charge is 0.497 e. The van der Waals surface area contributed by atoms with Crippen LogP contribution in [0.4, 0.5) is 5.69 Å². The number of Topliss-reactive ketones (excluding diaryl/α,β-unsaturated/α-hetero) is 1. The van der Waals surface area contributed by atoms with E-state index >= 15 is 0 Å². The Morgan fingerprint density at radius 3 is 2.33 bits per heavy atom. The standard InChI is InChI=1S/C29H25Cl2NO4/c1-36-25-12-7-20-14-18(2-4-21(20)15-25)3-11-24(33)17-28(26-13-8-22(30)16-27(26)31)32-23-9-5-19(6-10-23)29(34)35/h2,4-10,12-16,28,32H,3,11,17H2,1H3,(H,34,35). The van der Waals surface area contributed by atoms with Gasteiger partial charge in [0.25, 0.3) is 0 Å². The van der Waals surface area contributed by atoms with Crippen LogP contribution in [0.3, 0.4) is 0 Å². The molecule has 1 atom stereocenters. The molecule has 4 aromatic carbocycles. The minimum Gasteiger partial charge on any atom is -0.497 e. The first kappa shape index (κ1) is 25.5. The van der Waals surface area contributed by atoms with E-state index in [1.807, 2.05) is 30.3 Å². The number of ketones is 1. The lowest BCUT2D eigenvalue weighted by atomic mass is 9.96. The summed E-state index contributed by atoms with van der Waals surface area (Å²) in [5, 5.41) is 15.6. The molecule has 4 aromatic rings. The molecule has 184 valence electrons. The number of carboxylic acids is 1. The van der Waals surface area contributed by atoms with Gasteiger partial charge in [-0.1, -0.05) is 53.5 Å². The van der Waals surface area contributed by atoms with Crippen LogP contribution < -0.4 is 10.1 Å². The Balaban J connectivity index is 1.48. The Bertz CT molecular complexity index is 1400. The monoisotopic (exact) mass is 521 g/mol. The molecule has 0 heterocycles. The van der Waals surface area contributed by atoms with Crippen LogP contribution in [0, 0.1) is 0 Å². The van der Waals surface area contributed by atoms with Gasteiger partial charge in [-0.3, -0.25) is 4.79 Å². The van der Waals surface area contributed by atoms with Crippen molar-refractivity contribution in [2.24, 2.45) is 0 Å². The highest BCUT2D eigenvalue weighted by atomic mass is 35.5. The number of carbonyl (C=O) groups excluding carboxylic acids is 1. The van der Waals surface area contributed by atoms with Crippen molar-refractivity contribution in [2.75, 3.05) is 12.4 Å². The summed E-state index contributed by atoms with van der Waals surface area (Å²) in [5.41, 5.74) is 2.70. The Labute approximate surface area is 219 Å². The van der Waals surface area contributed by atoms with Crippen molar-refractivity contribution in [2.45, 2.75) is 25.3 Å². The van der Waals surface area contributed by atoms with Crippen LogP contribution in [-0.4, -0.2) is 24.0 Å². The predicted octanol–water partition coefficient (Wildman–Crippen LogP) is 7.60. The molecule has 5 nitrogen and oxygen atoms in total. The van der Waals surface area contributed by atoms with E-state index in [-0.39, 0.29) is 17.8 Å². The van der Waals surface area contributed by atoms with Crippen LogP contribution in [0.15, 0.2) is 78.9 Å². The number of fused-ring (bicyclic) bond motifs is 1. The molecule has 0 radical (unpaired) electrons. The number of carboxylic acid groups (broad SMARTS) is 1. The van der Waals surface area contributed by atoms with Crippen LogP contribution in [0.1, 0.15) is 40.4 Å². The molecule has 0 saturated carbocycles. The molecule has 0 fully saturated rings. The summed E-state index contributed by atoms with van der Waals surface area (Å²) >= 11 is 12.5. The summed E-state index contributed by atoms with van der Waals surface area (Å²) in [5.74, 6) is -0.111. The Morgan fingerprint density at radius 1 is 0.917 bits per heavy atom. The number of anilines is 1. The second-order valence-corrected chi connectivity index (χ2v) is 9.38. The van der Waals surface area contributed by atoms with Gasteiger partial charge in [0.05, 0.1) is 18.7 Å². The number of ether oxygens (including phenoxy) is 1. The molecule has 4 rings (SSSR count). The highest BCUT2D eigenvalue weighted by molar-refractivity contribution is 6.35. The fourth-order valence-electron chi connectivity index (χ4n) is 4.10. The van der Waals surface area contributed by atoms with Gasteiger partial charge in [-0.2, -0.15) is 0 Å². The van der Waals surface area contributed by atoms with Gasteiger partial charge in [0.2, 0.25) is 0 Å². The molecular weight excluding hydrogens is 497 g/mol. The van der Waals surface area contributed by atoms with E-state index in [0.29, 0.717) is 28.6 Å². The summed E-state index contributed by atoms with van der Waals surface area (Å²) in [6, 6.07) is 23.3.